The first-order valence-corrected chi connectivity index (χ1v) is 13.0. The minimum atomic E-state index is -2.63. The highest BCUT2D eigenvalue weighted by Gasteiger charge is 2.35. The summed E-state index contributed by atoms with van der Waals surface area (Å²) >= 11 is 12.5. The summed E-state index contributed by atoms with van der Waals surface area (Å²) in [6, 6.07) is 2.07. The van der Waals surface area contributed by atoms with Crippen molar-refractivity contribution in [2.24, 2.45) is 11.7 Å². The SMILES string of the molecule is NC(=O)[C@H]1CC[C@H](n2c(Nc3c(Cl)cc(F)cc3Cl)nc3cnc(NC4CCC(F)(F)CC4)nc32)CC1. The van der Waals surface area contributed by atoms with E-state index in [9.17, 15) is 18.0 Å². The number of halogens is 5. The standard InChI is InChI=1S/C24H26Cl2F3N7O/c25-16-9-13(27)10-17(26)19(16)34-23-33-18-11-31-22(32-14-5-7-24(28,29)8-6-14)35-21(18)36(23)15-3-1-12(2-4-15)20(30)37/h9-12,14-15H,1-8H2,(H2,30,37)(H,33,34)(H,31,32,35)/t12-,15-. The molecule has 2 saturated carbocycles. The molecule has 2 aliphatic rings. The topological polar surface area (TPSA) is 111 Å². The van der Waals surface area contributed by atoms with Gasteiger partial charge in [-0.25, -0.2) is 23.1 Å². The lowest BCUT2D eigenvalue weighted by atomic mass is 9.85. The zero-order valence-corrected chi connectivity index (χ0v) is 21.3. The van der Waals surface area contributed by atoms with Crippen LogP contribution in [0.25, 0.3) is 11.2 Å². The molecule has 0 unspecified atom stereocenters. The summed E-state index contributed by atoms with van der Waals surface area (Å²) in [5.41, 5.74) is 6.83. The van der Waals surface area contributed by atoms with Crippen molar-refractivity contribution in [3.05, 3.63) is 34.2 Å². The number of primary amides is 1. The number of benzene rings is 1. The summed E-state index contributed by atoms with van der Waals surface area (Å²) in [4.78, 5) is 25.4. The number of nitrogens with one attached hydrogen (secondary N) is 2. The fraction of sp³-hybridized carbons (Fsp3) is 0.500. The Bertz CT molecular complexity index is 1290. The van der Waals surface area contributed by atoms with Crippen LogP contribution in [0.15, 0.2) is 18.3 Å². The van der Waals surface area contributed by atoms with Crippen LogP contribution in [0.4, 0.5) is 30.8 Å². The molecule has 8 nitrogen and oxygen atoms in total. The third kappa shape index (κ3) is 5.57. The molecule has 1 aromatic carbocycles. The van der Waals surface area contributed by atoms with E-state index < -0.39 is 11.7 Å². The van der Waals surface area contributed by atoms with Gasteiger partial charge in [0.2, 0.25) is 23.7 Å². The van der Waals surface area contributed by atoms with Gasteiger partial charge in [0.1, 0.15) is 11.3 Å². The van der Waals surface area contributed by atoms with Crippen molar-refractivity contribution < 1.29 is 18.0 Å². The number of hydrogen-bond acceptors (Lipinski definition) is 6. The first-order valence-electron chi connectivity index (χ1n) is 12.2. The van der Waals surface area contributed by atoms with Gasteiger partial charge in [-0.3, -0.25) is 9.36 Å². The average molecular weight is 556 g/mol. The number of imidazole rings is 1. The smallest absolute Gasteiger partial charge is 0.248 e. The Kier molecular flexibility index (Phi) is 7.10. The zero-order chi connectivity index (χ0) is 26.3. The van der Waals surface area contributed by atoms with Crippen molar-refractivity contribution >= 4 is 57.9 Å². The van der Waals surface area contributed by atoms with Gasteiger partial charge < -0.3 is 16.4 Å². The van der Waals surface area contributed by atoms with Gasteiger partial charge in [-0.15, -0.1) is 0 Å². The number of aromatic nitrogens is 4. The summed E-state index contributed by atoms with van der Waals surface area (Å²) < 4.78 is 42.8. The first-order chi connectivity index (χ1) is 17.6. The Hall–Kier alpha value is -2.79. The third-order valence-electron chi connectivity index (χ3n) is 7.19. The van der Waals surface area contributed by atoms with Crippen molar-refractivity contribution in [2.45, 2.75) is 69.4 Å². The molecule has 198 valence electrons. The number of hydrogen-bond donors (Lipinski definition) is 3. The summed E-state index contributed by atoms with van der Waals surface area (Å²) in [5, 5.41) is 6.48. The first kappa shape index (κ1) is 25.8. The molecule has 2 aromatic heterocycles. The highest BCUT2D eigenvalue weighted by atomic mass is 35.5. The van der Waals surface area contributed by atoms with Crippen LogP contribution in [0.5, 0.6) is 0 Å². The zero-order valence-electron chi connectivity index (χ0n) is 19.8. The van der Waals surface area contributed by atoms with E-state index in [0.717, 1.165) is 12.1 Å². The van der Waals surface area contributed by atoms with Gasteiger partial charge in [0.15, 0.2) is 5.65 Å². The number of nitrogens with zero attached hydrogens (tertiary/aromatic N) is 4. The van der Waals surface area contributed by atoms with Gasteiger partial charge in [-0.2, -0.15) is 4.98 Å². The van der Waals surface area contributed by atoms with Gasteiger partial charge in [0.05, 0.1) is 21.9 Å². The number of rotatable bonds is 6. The summed E-state index contributed by atoms with van der Waals surface area (Å²) in [7, 11) is 0. The molecule has 0 saturated heterocycles. The van der Waals surface area contributed by atoms with Gasteiger partial charge in [0, 0.05) is 30.8 Å². The second-order valence-corrected chi connectivity index (χ2v) is 10.6. The minimum absolute atomic E-state index is 0.0720. The Labute approximate surface area is 221 Å². The van der Waals surface area contributed by atoms with Crippen LogP contribution in [0.3, 0.4) is 0 Å². The summed E-state index contributed by atoms with van der Waals surface area (Å²) in [6.45, 7) is 0. The number of carbonyl (C=O) groups excluding carboxylic acids is 1. The van der Waals surface area contributed by atoms with E-state index in [1.807, 2.05) is 4.57 Å². The molecule has 0 bridgehead atoms. The van der Waals surface area contributed by atoms with E-state index in [0.29, 0.717) is 67.3 Å². The number of fused-ring (bicyclic) bond motifs is 1. The Morgan fingerprint density at radius 3 is 2.32 bits per heavy atom. The van der Waals surface area contributed by atoms with Crippen LogP contribution in [-0.4, -0.2) is 37.4 Å². The van der Waals surface area contributed by atoms with Gasteiger partial charge in [0.25, 0.3) is 0 Å². The number of nitrogens with two attached hydrogens (primary N) is 1. The molecule has 0 atom stereocenters. The molecule has 3 aromatic rings. The lowest BCUT2D eigenvalue weighted by Gasteiger charge is -2.29. The molecular formula is C24H26Cl2F3N7O. The van der Waals surface area contributed by atoms with Gasteiger partial charge >= 0.3 is 0 Å². The quantitative estimate of drug-likeness (QED) is 0.333. The number of carbonyl (C=O) groups is 1. The predicted molar refractivity (Wildman–Crippen MR) is 136 cm³/mol. The van der Waals surface area contributed by atoms with Crippen LogP contribution >= 0.6 is 23.2 Å². The maximum Gasteiger partial charge on any atom is 0.248 e. The van der Waals surface area contributed by atoms with E-state index in [1.165, 1.54) is 0 Å². The van der Waals surface area contributed by atoms with E-state index in [4.69, 9.17) is 28.9 Å². The van der Waals surface area contributed by atoms with E-state index in [-0.39, 0.29) is 46.8 Å². The van der Waals surface area contributed by atoms with Crippen molar-refractivity contribution in [3.8, 4) is 0 Å². The molecule has 2 fully saturated rings. The molecule has 2 heterocycles. The molecule has 2 aliphatic carbocycles. The number of amides is 1. The number of anilines is 3. The number of alkyl halides is 2. The highest BCUT2D eigenvalue weighted by Crippen LogP contribution is 2.40. The molecule has 0 radical (unpaired) electrons. The van der Waals surface area contributed by atoms with E-state index >= 15 is 0 Å². The molecule has 13 heteroatoms. The second-order valence-electron chi connectivity index (χ2n) is 9.76. The second kappa shape index (κ2) is 10.2. The highest BCUT2D eigenvalue weighted by molar-refractivity contribution is 6.39. The van der Waals surface area contributed by atoms with Crippen LogP contribution < -0.4 is 16.4 Å². The monoisotopic (exact) mass is 555 g/mol. The van der Waals surface area contributed by atoms with Crippen molar-refractivity contribution in [1.82, 2.24) is 19.5 Å². The van der Waals surface area contributed by atoms with Crippen molar-refractivity contribution in [2.75, 3.05) is 10.6 Å². The minimum Gasteiger partial charge on any atom is -0.369 e. The largest absolute Gasteiger partial charge is 0.369 e. The van der Waals surface area contributed by atoms with E-state index in [1.54, 1.807) is 6.20 Å². The molecule has 0 aliphatic heterocycles. The fourth-order valence-corrected chi connectivity index (χ4v) is 5.71. The lowest BCUT2D eigenvalue weighted by Crippen LogP contribution is -2.32. The van der Waals surface area contributed by atoms with Gasteiger partial charge in [-0.1, -0.05) is 23.2 Å². The van der Waals surface area contributed by atoms with Gasteiger partial charge in [-0.05, 0) is 50.7 Å². The maximum absolute atomic E-state index is 13.7. The van der Waals surface area contributed by atoms with Crippen molar-refractivity contribution in [3.63, 3.8) is 0 Å². The predicted octanol–water partition coefficient (Wildman–Crippen LogP) is 6.22. The van der Waals surface area contributed by atoms with Crippen LogP contribution in [0, 0.1) is 11.7 Å². The average Bonchev–Trinajstić information content (AvgIpc) is 3.20. The van der Waals surface area contributed by atoms with Crippen molar-refractivity contribution in [1.29, 1.82) is 0 Å². The van der Waals surface area contributed by atoms with Crippen LogP contribution in [-0.2, 0) is 4.79 Å². The maximum atomic E-state index is 13.7. The Morgan fingerprint density at radius 1 is 1.05 bits per heavy atom. The van der Waals surface area contributed by atoms with Crippen LogP contribution in [0.1, 0.15) is 57.4 Å². The van der Waals surface area contributed by atoms with E-state index in [2.05, 4.69) is 25.6 Å². The Morgan fingerprint density at radius 2 is 1.70 bits per heavy atom. The fourth-order valence-electron chi connectivity index (χ4n) is 5.15. The molecule has 1 amide bonds. The molecule has 37 heavy (non-hydrogen) atoms. The lowest BCUT2D eigenvalue weighted by molar-refractivity contribution is -0.122. The Balaban J connectivity index is 1.49. The molecule has 0 spiro atoms. The molecule has 5 rings (SSSR count). The summed E-state index contributed by atoms with van der Waals surface area (Å²) in [5.74, 6) is -3.00. The third-order valence-corrected chi connectivity index (χ3v) is 7.79. The molecular weight excluding hydrogens is 530 g/mol. The summed E-state index contributed by atoms with van der Waals surface area (Å²) in [6.07, 6.45) is 4.38. The normalized spacial score (nSPS) is 22.2. The molecule has 4 N–H and O–H groups in total. The van der Waals surface area contributed by atoms with Crippen LogP contribution in [0.2, 0.25) is 10.0 Å².